The monoisotopic (exact) mass is 424 g/mol. The van der Waals surface area contributed by atoms with E-state index in [1.807, 2.05) is 13.8 Å². The molecule has 2 heterocycles. The Morgan fingerprint density at radius 1 is 1.00 bits per heavy atom. The predicted molar refractivity (Wildman–Crippen MR) is 109 cm³/mol. The molecule has 1 aromatic carbocycles. The number of Topliss-reactive ketones (excluding diaryl/α,β-unsaturated/α-hetero) is 1. The van der Waals surface area contributed by atoms with Crippen LogP contribution >= 0.6 is 11.3 Å². The number of carbonyl (C=O) groups excluding carboxylic acids is 1. The van der Waals surface area contributed by atoms with E-state index in [0.29, 0.717) is 0 Å². The van der Waals surface area contributed by atoms with E-state index in [9.17, 15) is 18.3 Å². The lowest BCUT2D eigenvalue weighted by molar-refractivity contribution is -0.578. The topological polar surface area (TPSA) is 90.5 Å². The fourth-order valence-corrected chi connectivity index (χ4v) is 5.03. The minimum absolute atomic E-state index is 0.00791. The lowest BCUT2D eigenvalue weighted by Crippen LogP contribution is -2.44. The Balaban J connectivity index is 2.02. The van der Waals surface area contributed by atoms with Crippen molar-refractivity contribution in [3.63, 3.8) is 0 Å². The van der Waals surface area contributed by atoms with Gasteiger partial charge in [0.15, 0.2) is 18.1 Å². The molecule has 0 amide bonds. The average Bonchev–Trinajstić information content (AvgIpc) is 3.24. The molecule has 1 aliphatic carbocycles. The van der Waals surface area contributed by atoms with Crippen molar-refractivity contribution in [3.05, 3.63) is 82.5 Å². The van der Waals surface area contributed by atoms with Crippen molar-refractivity contribution < 1.29 is 22.9 Å². The molecule has 0 unspecified atom stereocenters. The number of sulfonamides is 1. The molecule has 8 heteroatoms. The zero-order chi connectivity index (χ0) is 20.8. The van der Waals surface area contributed by atoms with Crippen LogP contribution in [-0.4, -0.2) is 19.9 Å². The van der Waals surface area contributed by atoms with Crippen LogP contribution in [0.1, 0.15) is 27.0 Å². The van der Waals surface area contributed by atoms with Gasteiger partial charge in [-0.1, -0.05) is 30.3 Å². The van der Waals surface area contributed by atoms with E-state index in [1.165, 1.54) is 16.7 Å². The summed E-state index contributed by atoms with van der Waals surface area (Å²) >= 11 is 1.00. The van der Waals surface area contributed by atoms with Gasteiger partial charge in [0.25, 0.3) is 10.0 Å². The molecule has 0 N–H and O–H groups in total. The van der Waals surface area contributed by atoms with Crippen molar-refractivity contribution in [1.29, 1.82) is 0 Å². The number of hydrogen-bond acceptors (Lipinski definition) is 5. The first-order valence-electron chi connectivity index (χ1n) is 8.73. The summed E-state index contributed by atoms with van der Waals surface area (Å²) < 4.78 is 30.8. The van der Waals surface area contributed by atoms with Gasteiger partial charge in [0.2, 0.25) is 11.5 Å². The van der Waals surface area contributed by atoms with Gasteiger partial charge in [0.1, 0.15) is 4.21 Å². The highest BCUT2D eigenvalue weighted by Crippen LogP contribution is 2.28. The van der Waals surface area contributed by atoms with Gasteiger partial charge < -0.3 is 5.11 Å². The first-order chi connectivity index (χ1) is 13.8. The summed E-state index contributed by atoms with van der Waals surface area (Å²) in [4.78, 5) is 13.2. The fourth-order valence-electron chi connectivity index (χ4n) is 3.07. The van der Waals surface area contributed by atoms with Crippen molar-refractivity contribution >= 4 is 44.3 Å². The molecule has 0 atom stereocenters. The molecule has 1 aliphatic rings. The van der Waals surface area contributed by atoms with Gasteiger partial charge in [0, 0.05) is 17.2 Å². The maximum atomic E-state index is 13.3. The second-order valence-corrected chi connectivity index (χ2v) is 9.40. The quantitative estimate of drug-likeness (QED) is 0.604. The van der Waals surface area contributed by atoms with Crippen LogP contribution in [0.3, 0.4) is 0 Å². The molecule has 0 aliphatic heterocycles. The Bertz CT molecular complexity index is 1300. The van der Waals surface area contributed by atoms with E-state index in [4.69, 9.17) is 0 Å². The molecule has 0 saturated carbocycles. The third kappa shape index (κ3) is 3.30. The summed E-state index contributed by atoms with van der Waals surface area (Å²) in [6.07, 6.45) is 3.32. The first kappa shape index (κ1) is 19.2. The molecule has 6 nitrogen and oxygen atoms in total. The van der Waals surface area contributed by atoms with E-state index in [0.717, 1.165) is 22.5 Å². The second kappa shape index (κ2) is 7.06. The minimum atomic E-state index is -4.14. The molecule has 2 aromatic heterocycles. The number of rotatable bonds is 3. The Labute approximate surface area is 172 Å². The molecule has 4 rings (SSSR count). The van der Waals surface area contributed by atoms with Crippen molar-refractivity contribution in [2.45, 2.75) is 18.1 Å². The number of hydrogen-bond donors (Lipinski definition) is 0. The molecular formula is C21H16N2O4S2. The molecule has 0 spiro atoms. The second-order valence-electron chi connectivity index (χ2n) is 6.62. The molecule has 0 saturated heterocycles. The number of ketones is 1. The highest BCUT2D eigenvalue weighted by molar-refractivity contribution is 7.92. The van der Waals surface area contributed by atoms with Crippen LogP contribution < -0.4 is 9.67 Å². The molecule has 0 bridgehead atoms. The lowest BCUT2D eigenvalue weighted by Gasteiger charge is -2.23. The Kier molecular flexibility index (Phi) is 4.68. The fraction of sp³-hybridized carbons (Fsp3) is 0.0952. The van der Waals surface area contributed by atoms with Crippen LogP contribution in [-0.2, 0) is 10.0 Å². The number of nitrogens with zero attached hydrogens (tertiary/aromatic N) is 2. The summed E-state index contributed by atoms with van der Waals surface area (Å²) in [7, 11) is -4.14. The van der Waals surface area contributed by atoms with Gasteiger partial charge >= 0.3 is 0 Å². The van der Waals surface area contributed by atoms with Crippen molar-refractivity contribution in [2.75, 3.05) is 0 Å². The van der Waals surface area contributed by atoms with E-state index in [-0.39, 0.29) is 26.7 Å². The van der Waals surface area contributed by atoms with Gasteiger partial charge in [0.05, 0.1) is 0 Å². The molecule has 0 radical (unpaired) electrons. The summed E-state index contributed by atoms with van der Waals surface area (Å²) in [5.74, 6) is -1.05. The zero-order valence-corrected chi connectivity index (χ0v) is 17.3. The maximum Gasteiger partial charge on any atom is 0.292 e. The van der Waals surface area contributed by atoms with Crippen LogP contribution in [0.4, 0.5) is 0 Å². The largest absolute Gasteiger partial charge is 0.867 e. The van der Waals surface area contributed by atoms with Gasteiger partial charge in [-0.25, -0.2) is 0 Å². The number of fused-ring (bicyclic) bond motifs is 1. The molecule has 0 fully saturated rings. The third-order valence-electron chi connectivity index (χ3n) is 4.73. The Morgan fingerprint density at radius 3 is 2.38 bits per heavy atom. The van der Waals surface area contributed by atoms with Crippen molar-refractivity contribution in [2.24, 2.45) is 4.40 Å². The summed E-state index contributed by atoms with van der Waals surface area (Å²) in [5.41, 5.74) is 1.81. The number of carbonyl (C=O) groups is 1. The van der Waals surface area contributed by atoms with E-state index < -0.39 is 21.6 Å². The van der Waals surface area contributed by atoms with Gasteiger partial charge in [-0.2, -0.15) is 13.0 Å². The summed E-state index contributed by atoms with van der Waals surface area (Å²) in [6, 6.07) is 11.2. The summed E-state index contributed by atoms with van der Waals surface area (Å²) in [6.45, 7) is 3.79. The maximum absolute atomic E-state index is 13.3. The van der Waals surface area contributed by atoms with Crippen LogP contribution in [0.2, 0.25) is 0 Å². The minimum Gasteiger partial charge on any atom is -0.867 e. The van der Waals surface area contributed by atoms with Gasteiger partial charge in [-0.3, -0.25) is 4.79 Å². The predicted octanol–water partition coefficient (Wildman–Crippen LogP) is 2.36. The Morgan fingerprint density at radius 2 is 1.72 bits per heavy atom. The van der Waals surface area contributed by atoms with Crippen LogP contribution in [0.5, 0.6) is 0 Å². The first-order valence-corrected chi connectivity index (χ1v) is 11.0. The molecule has 146 valence electrons. The Hall–Kier alpha value is -3.10. The third-order valence-corrected chi connectivity index (χ3v) is 7.38. The van der Waals surface area contributed by atoms with E-state index in [2.05, 4.69) is 4.40 Å². The molecule has 29 heavy (non-hydrogen) atoms. The number of benzene rings is 1. The average molecular weight is 425 g/mol. The highest BCUT2D eigenvalue weighted by atomic mass is 32.2. The van der Waals surface area contributed by atoms with Crippen LogP contribution in [0.15, 0.2) is 68.8 Å². The number of pyridine rings is 1. The van der Waals surface area contributed by atoms with Crippen molar-refractivity contribution in [3.8, 4) is 0 Å². The number of allylic oxidation sites excluding steroid dienone is 1. The van der Waals surface area contributed by atoms with Crippen LogP contribution in [0, 0.1) is 13.8 Å². The number of thiophene rings is 1. The molecular weight excluding hydrogens is 408 g/mol. The normalized spacial score (nSPS) is 15.7. The SMILES string of the molecule is Cc1cc[n+](C2=C([O-])c3ccccc3C(=O)C2=NS(=O)(=O)c2cccs2)cc1C. The highest BCUT2D eigenvalue weighted by Gasteiger charge is 2.35. The lowest BCUT2D eigenvalue weighted by atomic mass is 9.91. The number of aryl methyl sites for hydroxylation is 2. The van der Waals surface area contributed by atoms with Crippen molar-refractivity contribution in [1.82, 2.24) is 0 Å². The van der Waals surface area contributed by atoms with Gasteiger partial charge in [-0.15, -0.1) is 15.7 Å². The summed E-state index contributed by atoms with van der Waals surface area (Å²) in [5, 5.41) is 14.9. The molecule has 3 aromatic rings. The standard InChI is InChI=1S/C21H16N2O4S2/c1-13-9-10-23(12-14(13)2)19-18(22-29(26,27)17-8-5-11-28-17)20(24)15-6-3-4-7-16(15)21(19)25/h3-12H,1-2H3. The van der Waals surface area contributed by atoms with E-state index >= 15 is 0 Å². The van der Waals surface area contributed by atoms with Gasteiger partial charge in [-0.05, 0) is 42.2 Å². The smallest absolute Gasteiger partial charge is 0.292 e. The van der Waals surface area contributed by atoms with E-state index in [1.54, 1.807) is 48.1 Å². The van der Waals surface area contributed by atoms with Crippen LogP contribution in [0.25, 0.3) is 11.5 Å². The zero-order valence-electron chi connectivity index (χ0n) is 15.6. The number of aromatic nitrogens is 1.